The second kappa shape index (κ2) is 6.74. The van der Waals surface area contributed by atoms with Crippen molar-refractivity contribution < 1.29 is 4.79 Å². The Labute approximate surface area is 139 Å². The summed E-state index contributed by atoms with van der Waals surface area (Å²) in [5.41, 5.74) is 0.650. The van der Waals surface area contributed by atoms with Gasteiger partial charge in [-0.3, -0.25) is 14.2 Å². The summed E-state index contributed by atoms with van der Waals surface area (Å²) in [5.74, 6) is 0.630. The molecular weight excluding hydrogens is 310 g/mol. The summed E-state index contributed by atoms with van der Waals surface area (Å²) >= 11 is 1.34. The van der Waals surface area contributed by atoms with Gasteiger partial charge in [-0.2, -0.15) is 0 Å². The number of rotatable bonds is 6. The minimum Gasteiger partial charge on any atom is -0.353 e. The topological polar surface area (TPSA) is 64.0 Å². The van der Waals surface area contributed by atoms with Gasteiger partial charge in [0.25, 0.3) is 5.56 Å². The minimum absolute atomic E-state index is 0.0102. The van der Waals surface area contributed by atoms with Crippen molar-refractivity contribution in [2.24, 2.45) is 5.92 Å². The quantitative estimate of drug-likeness (QED) is 0.652. The van der Waals surface area contributed by atoms with Crippen molar-refractivity contribution in [1.82, 2.24) is 14.9 Å². The number of amides is 1. The van der Waals surface area contributed by atoms with Gasteiger partial charge in [-0.05, 0) is 30.9 Å². The van der Waals surface area contributed by atoms with E-state index in [2.05, 4.69) is 24.1 Å². The van der Waals surface area contributed by atoms with Gasteiger partial charge in [0.15, 0.2) is 5.16 Å². The van der Waals surface area contributed by atoms with E-state index in [1.807, 2.05) is 18.2 Å². The van der Waals surface area contributed by atoms with Gasteiger partial charge in [0.2, 0.25) is 5.91 Å². The highest BCUT2D eigenvalue weighted by Crippen LogP contribution is 2.21. The molecule has 0 saturated heterocycles. The highest BCUT2D eigenvalue weighted by molar-refractivity contribution is 7.99. The Morgan fingerprint density at radius 3 is 2.83 bits per heavy atom. The van der Waals surface area contributed by atoms with Gasteiger partial charge < -0.3 is 5.32 Å². The fourth-order valence-corrected chi connectivity index (χ4v) is 3.23. The predicted octanol–water partition coefficient (Wildman–Crippen LogP) is 2.42. The molecule has 122 valence electrons. The Kier molecular flexibility index (Phi) is 4.71. The standard InChI is InChI=1S/C17H21N3O2S/c1-11(2)9-20-16(22)13-5-3-4-6-14(13)19-17(20)23-10-15(21)18-12-7-8-12/h3-6,11-12H,7-10H2,1-2H3,(H,18,21). The summed E-state index contributed by atoms with van der Waals surface area (Å²) in [6.07, 6.45) is 2.14. The molecule has 3 rings (SSSR count). The van der Waals surface area contributed by atoms with Crippen LogP contribution in [0.5, 0.6) is 0 Å². The van der Waals surface area contributed by atoms with Crippen LogP contribution in [0, 0.1) is 5.92 Å². The van der Waals surface area contributed by atoms with Crippen molar-refractivity contribution >= 4 is 28.6 Å². The molecule has 0 radical (unpaired) electrons. The molecule has 0 spiro atoms. The van der Waals surface area contributed by atoms with Gasteiger partial charge in [0.05, 0.1) is 16.7 Å². The van der Waals surface area contributed by atoms with Crippen LogP contribution < -0.4 is 10.9 Å². The molecule has 1 heterocycles. The number of hydrogen-bond donors (Lipinski definition) is 1. The molecule has 1 fully saturated rings. The smallest absolute Gasteiger partial charge is 0.262 e. The maximum absolute atomic E-state index is 12.7. The number of para-hydroxylation sites is 1. The molecule has 1 aromatic heterocycles. The van der Waals surface area contributed by atoms with Crippen LogP contribution in [-0.4, -0.2) is 27.3 Å². The number of benzene rings is 1. The van der Waals surface area contributed by atoms with Crippen molar-refractivity contribution in [2.75, 3.05) is 5.75 Å². The first-order valence-corrected chi connectivity index (χ1v) is 8.95. The van der Waals surface area contributed by atoms with Crippen molar-refractivity contribution in [1.29, 1.82) is 0 Å². The van der Waals surface area contributed by atoms with E-state index in [-0.39, 0.29) is 11.5 Å². The maximum Gasteiger partial charge on any atom is 0.262 e. The van der Waals surface area contributed by atoms with Crippen molar-refractivity contribution in [3.8, 4) is 0 Å². The second-order valence-electron chi connectivity index (χ2n) is 6.35. The molecule has 1 amide bonds. The molecule has 0 bridgehead atoms. The zero-order valence-corrected chi connectivity index (χ0v) is 14.2. The Morgan fingerprint density at radius 1 is 1.39 bits per heavy atom. The average Bonchev–Trinajstić information content (AvgIpc) is 3.32. The normalized spacial score (nSPS) is 14.4. The van der Waals surface area contributed by atoms with Crippen LogP contribution in [0.15, 0.2) is 34.2 Å². The SMILES string of the molecule is CC(C)Cn1c(SCC(=O)NC2CC2)nc2ccccc2c1=O. The highest BCUT2D eigenvalue weighted by Gasteiger charge is 2.23. The Balaban J connectivity index is 1.89. The van der Waals surface area contributed by atoms with Gasteiger partial charge in [0, 0.05) is 12.6 Å². The molecule has 1 aliphatic rings. The predicted molar refractivity (Wildman–Crippen MR) is 92.7 cm³/mol. The number of nitrogens with one attached hydrogen (secondary N) is 1. The zero-order chi connectivity index (χ0) is 16.4. The molecule has 0 atom stereocenters. The lowest BCUT2D eigenvalue weighted by atomic mass is 10.2. The zero-order valence-electron chi connectivity index (χ0n) is 13.4. The van der Waals surface area contributed by atoms with Crippen LogP contribution in [0.2, 0.25) is 0 Å². The molecule has 1 saturated carbocycles. The summed E-state index contributed by atoms with van der Waals surface area (Å²) in [6, 6.07) is 7.71. The number of nitrogens with zero attached hydrogens (tertiary/aromatic N) is 2. The van der Waals surface area contributed by atoms with E-state index < -0.39 is 0 Å². The number of hydrogen-bond acceptors (Lipinski definition) is 4. The highest BCUT2D eigenvalue weighted by atomic mass is 32.2. The molecule has 1 aromatic carbocycles. The average molecular weight is 331 g/mol. The molecule has 0 aliphatic heterocycles. The van der Waals surface area contributed by atoms with E-state index in [0.717, 1.165) is 12.8 Å². The fraction of sp³-hybridized carbons (Fsp3) is 0.471. The lowest BCUT2D eigenvalue weighted by molar-refractivity contribution is -0.118. The van der Waals surface area contributed by atoms with Crippen LogP contribution in [0.3, 0.4) is 0 Å². The van der Waals surface area contributed by atoms with Gasteiger partial charge >= 0.3 is 0 Å². The molecule has 6 heteroatoms. The number of carbonyl (C=O) groups is 1. The molecular formula is C17H21N3O2S. The largest absolute Gasteiger partial charge is 0.353 e. The first kappa shape index (κ1) is 16.1. The monoisotopic (exact) mass is 331 g/mol. The molecule has 5 nitrogen and oxygen atoms in total. The van der Waals surface area contributed by atoms with E-state index in [0.29, 0.717) is 40.3 Å². The first-order chi connectivity index (χ1) is 11.0. The third-order valence-electron chi connectivity index (χ3n) is 3.65. The van der Waals surface area contributed by atoms with Crippen LogP contribution in [0.1, 0.15) is 26.7 Å². The van der Waals surface area contributed by atoms with E-state index in [1.54, 1.807) is 10.6 Å². The third kappa shape index (κ3) is 3.93. The number of thioether (sulfide) groups is 1. The fourth-order valence-electron chi connectivity index (χ4n) is 2.41. The Bertz CT molecular complexity index is 781. The summed E-state index contributed by atoms with van der Waals surface area (Å²) in [7, 11) is 0. The number of carbonyl (C=O) groups excluding carboxylic acids is 1. The van der Waals surface area contributed by atoms with Crippen molar-refractivity contribution in [2.45, 2.75) is 44.4 Å². The molecule has 1 N–H and O–H groups in total. The van der Waals surface area contributed by atoms with Gasteiger partial charge in [0.1, 0.15) is 0 Å². The van der Waals surface area contributed by atoms with Crippen LogP contribution in [0.25, 0.3) is 10.9 Å². The van der Waals surface area contributed by atoms with Crippen LogP contribution >= 0.6 is 11.8 Å². The summed E-state index contributed by atoms with van der Waals surface area (Å²) in [5, 5.41) is 4.20. The summed E-state index contributed by atoms with van der Waals surface area (Å²) in [4.78, 5) is 29.2. The summed E-state index contributed by atoms with van der Waals surface area (Å²) < 4.78 is 1.70. The lowest BCUT2D eigenvalue weighted by Crippen LogP contribution is -2.29. The van der Waals surface area contributed by atoms with E-state index >= 15 is 0 Å². The first-order valence-electron chi connectivity index (χ1n) is 7.96. The van der Waals surface area contributed by atoms with Crippen LogP contribution in [-0.2, 0) is 11.3 Å². The number of aromatic nitrogens is 2. The molecule has 0 unspecified atom stereocenters. The van der Waals surface area contributed by atoms with Gasteiger partial charge in [-0.15, -0.1) is 0 Å². The van der Waals surface area contributed by atoms with Crippen molar-refractivity contribution in [3.05, 3.63) is 34.6 Å². The lowest BCUT2D eigenvalue weighted by Gasteiger charge is -2.14. The molecule has 1 aliphatic carbocycles. The van der Waals surface area contributed by atoms with Crippen molar-refractivity contribution in [3.63, 3.8) is 0 Å². The van der Waals surface area contributed by atoms with E-state index in [4.69, 9.17) is 0 Å². The Hall–Kier alpha value is -1.82. The maximum atomic E-state index is 12.7. The van der Waals surface area contributed by atoms with E-state index in [9.17, 15) is 9.59 Å². The van der Waals surface area contributed by atoms with Gasteiger partial charge in [-0.1, -0.05) is 37.7 Å². The Morgan fingerprint density at radius 2 is 2.13 bits per heavy atom. The molecule has 23 heavy (non-hydrogen) atoms. The number of fused-ring (bicyclic) bond motifs is 1. The van der Waals surface area contributed by atoms with Gasteiger partial charge in [-0.25, -0.2) is 4.98 Å². The van der Waals surface area contributed by atoms with E-state index in [1.165, 1.54) is 11.8 Å². The minimum atomic E-state index is -0.0330. The molecule has 2 aromatic rings. The third-order valence-corrected chi connectivity index (χ3v) is 4.63. The second-order valence-corrected chi connectivity index (χ2v) is 7.29. The van der Waals surface area contributed by atoms with Crippen LogP contribution in [0.4, 0.5) is 0 Å². The summed E-state index contributed by atoms with van der Waals surface area (Å²) in [6.45, 7) is 4.73.